The highest BCUT2D eigenvalue weighted by Gasteiger charge is 2.22. The molecule has 1 saturated heterocycles. The number of nitrogens with zero attached hydrogens (tertiary/aromatic N) is 1. The lowest BCUT2D eigenvalue weighted by Gasteiger charge is -2.35. The molecule has 0 radical (unpaired) electrons. The van der Waals surface area contributed by atoms with Crippen LogP contribution in [-0.2, 0) is 0 Å². The predicted octanol–water partition coefficient (Wildman–Crippen LogP) is 1.02. The molecule has 2 nitrogen and oxygen atoms in total. The fourth-order valence-electron chi connectivity index (χ4n) is 1.58. The number of β-amino-alcohol motifs (C(OH)–C–C–N with tert-alkyl or cyclic N) is 1. The Morgan fingerprint density at radius 2 is 2.36 bits per heavy atom. The molecule has 0 unspecified atom stereocenters. The zero-order valence-electron chi connectivity index (χ0n) is 7.16. The first-order chi connectivity index (χ1) is 5.24. The fraction of sp³-hybridized carbons (Fsp3) is 0.778. The van der Waals surface area contributed by atoms with Crippen molar-refractivity contribution in [1.82, 2.24) is 4.90 Å². The van der Waals surface area contributed by atoms with Gasteiger partial charge in [0.25, 0.3) is 0 Å². The van der Waals surface area contributed by atoms with Gasteiger partial charge in [-0.2, -0.15) is 0 Å². The van der Waals surface area contributed by atoms with E-state index in [-0.39, 0.29) is 6.10 Å². The first kappa shape index (κ1) is 8.75. The summed E-state index contributed by atoms with van der Waals surface area (Å²) >= 11 is 0. The van der Waals surface area contributed by atoms with Gasteiger partial charge in [0.15, 0.2) is 0 Å². The number of rotatable bonds is 2. The molecule has 1 heterocycles. The Morgan fingerprint density at radius 3 is 3.00 bits per heavy atom. The summed E-state index contributed by atoms with van der Waals surface area (Å²) in [6.45, 7) is 7.61. The van der Waals surface area contributed by atoms with Crippen LogP contribution in [0.25, 0.3) is 0 Å². The second kappa shape index (κ2) is 3.88. The quantitative estimate of drug-likeness (QED) is 0.602. The SMILES string of the molecule is C=CCN1C[C@H](O)CC[C@H]1C. The summed E-state index contributed by atoms with van der Waals surface area (Å²) in [6, 6.07) is 0.608. The lowest BCUT2D eigenvalue weighted by atomic mass is 10.0. The molecule has 64 valence electrons. The van der Waals surface area contributed by atoms with Crippen LogP contribution < -0.4 is 0 Å². The van der Waals surface area contributed by atoms with E-state index in [1.54, 1.807) is 0 Å². The van der Waals surface area contributed by atoms with Crippen molar-refractivity contribution < 1.29 is 5.11 Å². The molecule has 0 saturated carbocycles. The van der Waals surface area contributed by atoms with E-state index in [2.05, 4.69) is 18.4 Å². The molecule has 1 aliphatic heterocycles. The van der Waals surface area contributed by atoms with Crippen molar-refractivity contribution in [3.63, 3.8) is 0 Å². The van der Waals surface area contributed by atoms with Gasteiger partial charge in [-0.15, -0.1) is 6.58 Å². The number of aliphatic hydroxyl groups is 1. The van der Waals surface area contributed by atoms with Crippen LogP contribution >= 0.6 is 0 Å². The molecule has 1 N–H and O–H groups in total. The molecule has 0 aromatic heterocycles. The molecular formula is C9H17NO. The van der Waals surface area contributed by atoms with Crippen LogP contribution in [0.2, 0.25) is 0 Å². The van der Waals surface area contributed by atoms with Gasteiger partial charge >= 0.3 is 0 Å². The molecular weight excluding hydrogens is 138 g/mol. The van der Waals surface area contributed by atoms with Crippen LogP contribution in [0.1, 0.15) is 19.8 Å². The standard InChI is InChI=1S/C9H17NO/c1-3-6-10-7-9(11)5-4-8(10)2/h3,8-9,11H,1,4-7H2,2H3/t8-,9-/m1/s1. The number of piperidine rings is 1. The summed E-state index contributed by atoms with van der Waals surface area (Å²) in [4.78, 5) is 2.27. The van der Waals surface area contributed by atoms with E-state index in [0.717, 1.165) is 25.9 Å². The van der Waals surface area contributed by atoms with Crippen molar-refractivity contribution in [2.75, 3.05) is 13.1 Å². The van der Waals surface area contributed by atoms with Gasteiger partial charge in [0.2, 0.25) is 0 Å². The van der Waals surface area contributed by atoms with Crippen LogP contribution in [0, 0.1) is 0 Å². The van der Waals surface area contributed by atoms with E-state index in [1.165, 1.54) is 0 Å². The van der Waals surface area contributed by atoms with E-state index in [0.29, 0.717) is 6.04 Å². The smallest absolute Gasteiger partial charge is 0.0667 e. The third-order valence-corrected chi connectivity index (χ3v) is 2.35. The van der Waals surface area contributed by atoms with Crippen molar-refractivity contribution in [2.45, 2.75) is 31.9 Å². The molecule has 0 bridgehead atoms. The highest BCUT2D eigenvalue weighted by atomic mass is 16.3. The van der Waals surface area contributed by atoms with Crippen LogP contribution in [0.15, 0.2) is 12.7 Å². The number of aliphatic hydroxyl groups excluding tert-OH is 1. The number of hydrogen-bond donors (Lipinski definition) is 1. The van der Waals surface area contributed by atoms with E-state index in [9.17, 15) is 5.11 Å². The van der Waals surface area contributed by atoms with Crippen LogP contribution in [-0.4, -0.2) is 35.2 Å². The van der Waals surface area contributed by atoms with E-state index in [1.807, 2.05) is 6.08 Å². The van der Waals surface area contributed by atoms with Crippen LogP contribution in [0.5, 0.6) is 0 Å². The number of likely N-dealkylation sites (tertiary alicyclic amines) is 1. The molecule has 11 heavy (non-hydrogen) atoms. The molecule has 0 aliphatic carbocycles. The maximum atomic E-state index is 9.35. The van der Waals surface area contributed by atoms with Gasteiger partial charge in [0.05, 0.1) is 6.10 Å². The van der Waals surface area contributed by atoms with Crippen LogP contribution in [0.4, 0.5) is 0 Å². The third-order valence-electron chi connectivity index (χ3n) is 2.35. The maximum Gasteiger partial charge on any atom is 0.0667 e. The van der Waals surface area contributed by atoms with Gasteiger partial charge in [-0.1, -0.05) is 6.08 Å². The Labute approximate surface area is 68.5 Å². The molecule has 2 heteroatoms. The highest BCUT2D eigenvalue weighted by Crippen LogP contribution is 2.16. The van der Waals surface area contributed by atoms with E-state index in [4.69, 9.17) is 0 Å². The summed E-state index contributed by atoms with van der Waals surface area (Å²) in [7, 11) is 0. The highest BCUT2D eigenvalue weighted by molar-refractivity contribution is 4.83. The Hall–Kier alpha value is -0.340. The molecule has 2 atom stereocenters. The summed E-state index contributed by atoms with van der Waals surface area (Å²) < 4.78 is 0. The summed E-state index contributed by atoms with van der Waals surface area (Å²) in [5, 5.41) is 9.35. The summed E-state index contributed by atoms with van der Waals surface area (Å²) in [5.74, 6) is 0. The van der Waals surface area contributed by atoms with E-state index >= 15 is 0 Å². The predicted molar refractivity (Wildman–Crippen MR) is 46.5 cm³/mol. The second-order valence-corrected chi connectivity index (χ2v) is 3.32. The third kappa shape index (κ3) is 2.31. The Balaban J connectivity index is 2.40. The van der Waals surface area contributed by atoms with E-state index < -0.39 is 0 Å². The lowest BCUT2D eigenvalue weighted by molar-refractivity contribution is 0.0482. The Kier molecular flexibility index (Phi) is 3.09. The molecule has 0 amide bonds. The summed E-state index contributed by atoms with van der Waals surface area (Å²) in [6.07, 6.45) is 3.84. The maximum absolute atomic E-state index is 9.35. The second-order valence-electron chi connectivity index (χ2n) is 3.32. The first-order valence-electron chi connectivity index (χ1n) is 4.27. The van der Waals surface area contributed by atoms with Gasteiger partial charge in [0.1, 0.15) is 0 Å². The fourth-order valence-corrected chi connectivity index (χ4v) is 1.58. The Morgan fingerprint density at radius 1 is 1.64 bits per heavy atom. The molecule has 0 aromatic rings. The Bertz CT molecular complexity index is 136. The van der Waals surface area contributed by atoms with Gasteiger partial charge in [-0.3, -0.25) is 4.90 Å². The lowest BCUT2D eigenvalue weighted by Crippen LogP contribution is -2.43. The van der Waals surface area contributed by atoms with Gasteiger partial charge in [-0.05, 0) is 19.8 Å². The van der Waals surface area contributed by atoms with Crippen molar-refractivity contribution in [2.24, 2.45) is 0 Å². The molecule has 0 spiro atoms. The van der Waals surface area contributed by atoms with Gasteiger partial charge < -0.3 is 5.11 Å². The average Bonchev–Trinajstić information content (AvgIpc) is 1.98. The van der Waals surface area contributed by atoms with Crippen LogP contribution in [0.3, 0.4) is 0 Å². The van der Waals surface area contributed by atoms with Crippen molar-refractivity contribution in [3.05, 3.63) is 12.7 Å². The minimum atomic E-state index is -0.119. The van der Waals surface area contributed by atoms with Crippen molar-refractivity contribution in [3.8, 4) is 0 Å². The zero-order valence-corrected chi connectivity index (χ0v) is 7.16. The topological polar surface area (TPSA) is 23.5 Å². The minimum absolute atomic E-state index is 0.119. The monoisotopic (exact) mass is 155 g/mol. The van der Waals surface area contributed by atoms with Gasteiger partial charge in [-0.25, -0.2) is 0 Å². The first-order valence-corrected chi connectivity index (χ1v) is 4.27. The van der Waals surface area contributed by atoms with Gasteiger partial charge in [0, 0.05) is 19.1 Å². The van der Waals surface area contributed by atoms with Crippen molar-refractivity contribution >= 4 is 0 Å². The average molecular weight is 155 g/mol. The zero-order chi connectivity index (χ0) is 8.27. The summed E-state index contributed by atoms with van der Waals surface area (Å²) in [5.41, 5.74) is 0. The largest absolute Gasteiger partial charge is 0.392 e. The normalized spacial score (nSPS) is 33.6. The number of hydrogen-bond acceptors (Lipinski definition) is 2. The molecule has 1 rings (SSSR count). The molecule has 1 aliphatic rings. The minimum Gasteiger partial charge on any atom is -0.392 e. The molecule has 1 fully saturated rings. The molecule has 0 aromatic carbocycles. The van der Waals surface area contributed by atoms with Crippen molar-refractivity contribution in [1.29, 1.82) is 0 Å².